The van der Waals surface area contributed by atoms with Crippen molar-refractivity contribution in [1.82, 2.24) is 0 Å². The molecule has 16 heavy (non-hydrogen) atoms. The molecule has 1 rings (SSSR count). The molecule has 2 nitrogen and oxygen atoms in total. The molecule has 0 aromatic heterocycles. The molecule has 1 aromatic rings. The minimum Gasteiger partial charge on any atom is -0.449 e. The van der Waals surface area contributed by atoms with E-state index in [1.807, 2.05) is 0 Å². The topological polar surface area (TPSA) is 52.0 Å². The molecule has 0 spiro atoms. The molecule has 0 amide bonds. The quantitative estimate of drug-likeness (QED) is 0.536. The fourth-order valence-corrected chi connectivity index (χ4v) is 1.45. The van der Waals surface area contributed by atoms with Crippen LogP contribution >= 0.6 is 0 Å². The monoisotopic (exact) mass is 256 g/mol. The number of benzene rings is 1. The van der Waals surface area contributed by atoms with Crippen LogP contribution in [0.15, 0.2) is 12.1 Å². The van der Waals surface area contributed by atoms with Crippen molar-refractivity contribution < 1.29 is 64.3 Å². The van der Waals surface area contributed by atoms with Crippen LogP contribution in [0.1, 0.15) is 16.7 Å². The van der Waals surface area contributed by atoms with Gasteiger partial charge in [-0.2, -0.15) is 0 Å². The van der Waals surface area contributed by atoms with Crippen LogP contribution in [0.3, 0.4) is 0 Å². The van der Waals surface area contributed by atoms with Crippen molar-refractivity contribution in [1.29, 1.82) is 0 Å². The maximum atomic E-state index is 12.3. The summed E-state index contributed by atoms with van der Waals surface area (Å²) in [6.07, 6.45) is -0.899. The van der Waals surface area contributed by atoms with Crippen LogP contribution in [-0.4, -0.2) is 6.98 Å². The van der Waals surface area contributed by atoms with E-state index in [4.69, 9.17) is 11.5 Å². The zero-order valence-electron chi connectivity index (χ0n) is 9.43. The first-order valence-electron chi connectivity index (χ1n) is 4.62. The van der Waals surface area contributed by atoms with Crippen molar-refractivity contribution in [2.45, 2.75) is 19.8 Å². The van der Waals surface area contributed by atoms with Gasteiger partial charge in [0, 0.05) is 12.2 Å². The second-order valence-corrected chi connectivity index (χ2v) is 3.59. The summed E-state index contributed by atoms with van der Waals surface area (Å²) >= 11 is 0. The van der Waals surface area contributed by atoms with E-state index in [2.05, 4.69) is 0 Å². The summed E-state index contributed by atoms with van der Waals surface area (Å²) in [6.45, 7) is -3.05. The molecule has 0 fully saturated rings. The Hall–Kier alpha value is 0.471. The first-order valence-corrected chi connectivity index (χ1v) is 4.62. The summed E-state index contributed by atoms with van der Waals surface area (Å²) in [5, 5.41) is 0. The van der Waals surface area contributed by atoms with Gasteiger partial charge in [0.15, 0.2) is 0 Å². The molecule has 0 bridgehead atoms. The van der Waals surface area contributed by atoms with Crippen molar-refractivity contribution in [3.05, 3.63) is 28.8 Å². The van der Waals surface area contributed by atoms with Crippen molar-refractivity contribution >= 4 is 12.7 Å². The second kappa shape index (κ2) is 6.42. The molecule has 0 aliphatic rings. The second-order valence-electron chi connectivity index (χ2n) is 3.59. The van der Waals surface area contributed by atoms with Gasteiger partial charge in [0.2, 0.25) is 0 Å². The Kier molecular flexibility index (Phi) is 6.61. The Morgan fingerprint density at radius 2 is 1.81 bits per heavy atom. The molecule has 0 saturated carbocycles. The van der Waals surface area contributed by atoms with Gasteiger partial charge in [-0.3, -0.25) is 0 Å². The summed E-state index contributed by atoms with van der Waals surface area (Å²) in [5.41, 5.74) is 12.7. The number of hydrogen-bond acceptors (Lipinski definition) is 2. The molecule has 0 atom stereocenters. The first kappa shape index (κ1) is 16.5. The fraction of sp³-hybridized carbons (Fsp3) is 0.333. The number of nitrogen functional groups attached to an aromatic ring is 1. The fourth-order valence-electron chi connectivity index (χ4n) is 1.45. The van der Waals surface area contributed by atoms with E-state index >= 15 is 0 Å². The maximum Gasteiger partial charge on any atom is 1.00 e. The Morgan fingerprint density at radius 1 is 1.25 bits per heavy atom. The zero-order chi connectivity index (χ0) is 11.6. The molecule has 4 N–H and O–H groups in total. The SMILES string of the molecule is Cc1c(N)cc(CN)cc1C[B-](F)(F)F.[K+]. The Bertz CT molecular complexity index is 369. The summed E-state index contributed by atoms with van der Waals surface area (Å²) < 4.78 is 36.8. The van der Waals surface area contributed by atoms with E-state index < -0.39 is 13.3 Å². The molecule has 0 aliphatic heterocycles. The van der Waals surface area contributed by atoms with E-state index in [-0.39, 0.29) is 63.5 Å². The smallest absolute Gasteiger partial charge is 0.449 e. The Labute approximate surface area is 135 Å². The van der Waals surface area contributed by atoms with E-state index in [1.54, 1.807) is 13.0 Å². The van der Waals surface area contributed by atoms with Gasteiger partial charge in [-0.25, -0.2) is 0 Å². The standard InChI is InChI=1S/C9H13BF3N2.K/c1-6-8(4-10(11,12)13)2-7(5-14)3-9(6)15;/h2-3H,4-5,14-15H2,1H3;/q-1;+1. The van der Waals surface area contributed by atoms with Crippen LogP contribution in [0.2, 0.25) is 0 Å². The number of halogens is 3. The summed E-state index contributed by atoms with van der Waals surface area (Å²) in [6, 6.07) is 3.09. The molecule has 0 unspecified atom stereocenters. The molecule has 0 radical (unpaired) electrons. The zero-order valence-corrected chi connectivity index (χ0v) is 12.6. The van der Waals surface area contributed by atoms with Gasteiger partial charge in [0.1, 0.15) is 0 Å². The van der Waals surface area contributed by atoms with Gasteiger partial charge in [-0.05, 0) is 24.1 Å². The van der Waals surface area contributed by atoms with Gasteiger partial charge >= 0.3 is 58.4 Å². The molecule has 0 aliphatic carbocycles. The van der Waals surface area contributed by atoms with Crippen molar-refractivity contribution in [2.75, 3.05) is 5.73 Å². The molecule has 1 aromatic carbocycles. The van der Waals surface area contributed by atoms with E-state index in [0.29, 0.717) is 16.8 Å². The van der Waals surface area contributed by atoms with Crippen LogP contribution in [0.5, 0.6) is 0 Å². The first-order chi connectivity index (χ1) is 6.83. The van der Waals surface area contributed by atoms with Crippen LogP contribution in [0.25, 0.3) is 0 Å². The van der Waals surface area contributed by atoms with Gasteiger partial charge in [0.25, 0.3) is 0 Å². The number of anilines is 1. The summed E-state index contributed by atoms with van der Waals surface area (Å²) in [7, 11) is 0. The third-order valence-electron chi connectivity index (χ3n) is 2.30. The Balaban J connectivity index is 0.00000225. The molecule has 0 saturated heterocycles. The molecular weight excluding hydrogens is 243 g/mol. The van der Waals surface area contributed by atoms with Gasteiger partial charge < -0.3 is 24.4 Å². The number of hydrogen-bond donors (Lipinski definition) is 2. The van der Waals surface area contributed by atoms with Crippen LogP contribution in [0.4, 0.5) is 18.6 Å². The van der Waals surface area contributed by atoms with Gasteiger partial charge in [0.05, 0.1) is 0 Å². The Morgan fingerprint density at radius 3 is 2.25 bits per heavy atom. The van der Waals surface area contributed by atoms with Crippen LogP contribution in [-0.2, 0) is 12.9 Å². The normalized spacial score (nSPS) is 11.1. The molecule has 84 valence electrons. The predicted octanol–water partition coefficient (Wildman–Crippen LogP) is -1.03. The minimum atomic E-state index is -4.83. The van der Waals surface area contributed by atoms with E-state index in [1.165, 1.54) is 6.07 Å². The number of nitrogens with two attached hydrogens (primary N) is 2. The molecule has 7 heteroatoms. The average Bonchev–Trinajstić information content (AvgIpc) is 2.10. The molecule has 0 heterocycles. The summed E-state index contributed by atoms with van der Waals surface area (Å²) in [4.78, 5) is 0. The van der Waals surface area contributed by atoms with Gasteiger partial charge in [-0.1, -0.05) is 17.9 Å². The molecular formula is C9H13BF3KN2. The maximum absolute atomic E-state index is 12.3. The van der Waals surface area contributed by atoms with Crippen LogP contribution < -0.4 is 62.9 Å². The largest absolute Gasteiger partial charge is 1.00 e. The third kappa shape index (κ3) is 4.77. The average molecular weight is 256 g/mol. The van der Waals surface area contributed by atoms with Gasteiger partial charge in [-0.15, -0.1) is 0 Å². The minimum absolute atomic E-state index is 0. The number of rotatable bonds is 3. The predicted molar refractivity (Wildman–Crippen MR) is 56.3 cm³/mol. The van der Waals surface area contributed by atoms with E-state index in [9.17, 15) is 12.9 Å². The van der Waals surface area contributed by atoms with Crippen LogP contribution in [0, 0.1) is 6.92 Å². The summed E-state index contributed by atoms with van der Waals surface area (Å²) in [5.74, 6) is 0. The van der Waals surface area contributed by atoms with Crippen molar-refractivity contribution in [2.24, 2.45) is 5.73 Å². The van der Waals surface area contributed by atoms with E-state index in [0.717, 1.165) is 0 Å². The van der Waals surface area contributed by atoms with Crippen molar-refractivity contribution in [3.63, 3.8) is 0 Å². The third-order valence-corrected chi connectivity index (χ3v) is 2.30. The van der Waals surface area contributed by atoms with Crippen molar-refractivity contribution in [3.8, 4) is 0 Å².